The first kappa shape index (κ1) is 13.0. The van der Waals surface area contributed by atoms with Crippen LogP contribution in [0.1, 0.15) is 22.8 Å². The summed E-state index contributed by atoms with van der Waals surface area (Å²) in [5.41, 5.74) is -0.448. The number of aryl methyl sites for hydroxylation is 1. The Hall–Kier alpha value is -2.05. The first-order valence-electron chi connectivity index (χ1n) is 4.57. The zero-order chi connectivity index (χ0) is 13.2. The highest BCUT2D eigenvalue weighted by molar-refractivity contribution is 5.98. The zero-order valence-corrected chi connectivity index (χ0v) is 9.07. The molecule has 0 aliphatic rings. The van der Waals surface area contributed by atoms with Gasteiger partial charge in [0.05, 0.1) is 10.5 Å². The lowest BCUT2D eigenvalue weighted by Crippen LogP contribution is -2.09. The van der Waals surface area contributed by atoms with E-state index < -0.39 is 28.8 Å². The summed E-state index contributed by atoms with van der Waals surface area (Å²) in [4.78, 5) is 21.1. The van der Waals surface area contributed by atoms with Gasteiger partial charge < -0.3 is 4.74 Å². The number of hydrogen-bond acceptors (Lipinski definition) is 4. The number of benzene rings is 1. The first-order chi connectivity index (χ1) is 7.82. The number of ketones is 1. The quantitative estimate of drug-likeness (QED) is 0.464. The first-order valence-corrected chi connectivity index (χ1v) is 4.57. The second-order valence-corrected chi connectivity index (χ2v) is 3.35. The maximum Gasteiger partial charge on any atom is 0.387 e. The van der Waals surface area contributed by atoms with Gasteiger partial charge in [-0.25, -0.2) is 0 Å². The van der Waals surface area contributed by atoms with Crippen LogP contribution in [0.15, 0.2) is 12.1 Å². The third kappa shape index (κ3) is 2.96. The largest absolute Gasteiger partial charge is 0.427 e. The number of alkyl halides is 2. The standard InChI is InChI=1S/C10H9F2NO4/c1-5-3-7(6(2)14)9(17-10(11)12)8(4-5)13(15)16/h3-4,10H,1-2H3. The number of nitro groups is 1. The lowest BCUT2D eigenvalue weighted by atomic mass is 10.1. The number of halogens is 2. The molecule has 0 spiro atoms. The van der Waals surface area contributed by atoms with Crippen molar-refractivity contribution in [1.29, 1.82) is 0 Å². The van der Waals surface area contributed by atoms with Crippen molar-refractivity contribution in [1.82, 2.24) is 0 Å². The van der Waals surface area contributed by atoms with Gasteiger partial charge in [0.25, 0.3) is 0 Å². The highest BCUT2D eigenvalue weighted by Crippen LogP contribution is 2.34. The molecule has 0 N–H and O–H groups in total. The summed E-state index contributed by atoms with van der Waals surface area (Å²) >= 11 is 0. The molecule has 1 aromatic rings. The van der Waals surface area contributed by atoms with E-state index in [1.807, 2.05) is 0 Å². The number of rotatable bonds is 4. The summed E-state index contributed by atoms with van der Waals surface area (Å²) in [5.74, 6) is -1.27. The van der Waals surface area contributed by atoms with Crippen LogP contribution in [-0.4, -0.2) is 17.3 Å². The molecule has 0 heterocycles. The molecule has 0 aromatic heterocycles. The van der Waals surface area contributed by atoms with Crippen LogP contribution in [-0.2, 0) is 0 Å². The summed E-state index contributed by atoms with van der Waals surface area (Å²) in [5, 5.41) is 10.7. The molecule has 0 atom stereocenters. The molecule has 0 bridgehead atoms. The highest BCUT2D eigenvalue weighted by Gasteiger charge is 2.25. The minimum Gasteiger partial charge on any atom is -0.427 e. The van der Waals surface area contributed by atoms with Gasteiger partial charge in [-0.1, -0.05) is 0 Å². The molecule has 17 heavy (non-hydrogen) atoms. The minimum absolute atomic E-state index is 0.225. The second kappa shape index (κ2) is 4.86. The molecule has 0 radical (unpaired) electrons. The van der Waals surface area contributed by atoms with E-state index in [1.54, 1.807) is 0 Å². The number of carbonyl (C=O) groups excluding carboxylic acids is 1. The van der Waals surface area contributed by atoms with Crippen LogP contribution in [0.25, 0.3) is 0 Å². The highest BCUT2D eigenvalue weighted by atomic mass is 19.3. The Morgan fingerprint density at radius 2 is 2.06 bits per heavy atom. The maximum atomic E-state index is 12.2. The molecule has 0 saturated carbocycles. The van der Waals surface area contributed by atoms with Gasteiger partial charge in [-0.15, -0.1) is 0 Å². The van der Waals surface area contributed by atoms with Crippen LogP contribution >= 0.6 is 0 Å². The van der Waals surface area contributed by atoms with E-state index >= 15 is 0 Å². The number of ether oxygens (including phenoxy) is 1. The predicted molar refractivity (Wildman–Crippen MR) is 54.5 cm³/mol. The van der Waals surface area contributed by atoms with Crippen LogP contribution in [0.4, 0.5) is 14.5 Å². The molecular weight excluding hydrogens is 236 g/mol. The summed E-state index contributed by atoms with van der Waals surface area (Å²) < 4.78 is 28.4. The van der Waals surface area contributed by atoms with Gasteiger partial charge in [-0.05, 0) is 25.5 Å². The Labute approximate surface area is 95.2 Å². The monoisotopic (exact) mass is 245 g/mol. The fraction of sp³-hybridized carbons (Fsp3) is 0.300. The molecule has 0 amide bonds. The van der Waals surface area contributed by atoms with Gasteiger partial charge in [-0.3, -0.25) is 14.9 Å². The summed E-state index contributed by atoms with van der Waals surface area (Å²) in [6.07, 6.45) is 0. The molecule has 0 unspecified atom stereocenters. The van der Waals surface area contributed by atoms with Crippen molar-refractivity contribution in [3.05, 3.63) is 33.4 Å². The average Bonchev–Trinajstić information content (AvgIpc) is 2.18. The molecule has 0 saturated heterocycles. The fourth-order valence-corrected chi connectivity index (χ4v) is 1.36. The van der Waals surface area contributed by atoms with E-state index in [0.29, 0.717) is 5.56 Å². The van der Waals surface area contributed by atoms with Gasteiger partial charge in [-0.2, -0.15) is 8.78 Å². The van der Waals surface area contributed by atoms with Gasteiger partial charge in [0.1, 0.15) is 0 Å². The smallest absolute Gasteiger partial charge is 0.387 e. The molecule has 0 fully saturated rings. The summed E-state index contributed by atoms with van der Waals surface area (Å²) in [7, 11) is 0. The third-order valence-electron chi connectivity index (χ3n) is 2.00. The Morgan fingerprint density at radius 3 is 2.47 bits per heavy atom. The van der Waals surface area contributed by atoms with Crippen molar-refractivity contribution in [2.75, 3.05) is 0 Å². The number of hydrogen-bond donors (Lipinski definition) is 0. The van der Waals surface area contributed by atoms with Gasteiger partial charge in [0, 0.05) is 6.07 Å². The molecular formula is C10H9F2NO4. The number of nitro benzene ring substituents is 1. The fourth-order valence-electron chi connectivity index (χ4n) is 1.36. The maximum absolute atomic E-state index is 12.2. The van der Waals surface area contributed by atoms with Crippen LogP contribution < -0.4 is 4.74 Å². The van der Waals surface area contributed by atoms with E-state index in [1.165, 1.54) is 13.0 Å². The van der Waals surface area contributed by atoms with Crippen LogP contribution in [0.2, 0.25) is 0 Å². The summed E-state index contributed by atoms with van der Waals surface area (Å²) in [6.45, 7) is -0.586. The zero-order valence-electron chi connectivity index (χ0n) is 9.07. The van der Waals surface area contributed by atoms with Crippen LogP contribution in [0.3, 0.4) is 0 Å². The molecule has 1 aromatic carbocycles. The van der Waals surface area contributed by atoms with Gasteiger partial charge in [0.15, 0.2) is 5.78 Å². The van der Waals surface area contributed by atoms with E-state index in [9.17, 15) is 23.7 Å². The van der Waals surface area contributed by atoms with Gasteiger partial charge in [0.2, 0.25) is 5.75 Å². The van der Waals surface area contributed by atoms with E-state index in [0.717, 1.165) is 13.0 Å². The van der Waals surface area contributed by atoms with Crippen LogP contribution in [0, 0.1) is 17.0 Å². The second-order valence-electron chi connectivity index (χ2n) is 3.35. The molecule has 1 rings (SSSR count). The third-order valence-corrected chi connectivity index (χ3v) is 2.00. The van der Waals surface area contributed by atoms with Crippen molar-refractivity contribution in [2.45, 2.75) is 20.5 Å². The Balaban J connectivity index is 3.47. The van der Waals surface area contributed by atoms with Crippen molar-refractivity contribution < 1.29 is 23.2 Å². The van der Waals surface area contributed by atoms with E-state index in [2.05, 4.69) is 4.74 Å². The van der Waals surface area contributed by atoms with Crippen molar-refractivity contribution >= 4 is 11.5 Å². The number of Topliss-reactive ketones (excluding diaryl/α,β-unsaturated/α-hetero) is 1. The lowest BCUT2D eigenvalue weighted by molar-refractivity contribution is -0.386. The molecule has 92 valence electrons. The molecule has 5 nitrogen and oxygen atoms in total. The summed E-state index contributed by atoms with van der Waals surface area (Å²) in [6, 6.07) is 2.34. The molecule has 0 aliphatic carbocycles. The van der Waals surface area contributed by atoms with Crippen molar-refractivity contribution in [3.8, 4) is 5.75 Å². The van der Waals surface area contributed by atoms with Crippen molar-refractivity contribution in [2.24, 2.45) is 0 Å². The minimum atomic E-state index is -3.23. The topological polar surface area (TPSA) is 69.4 Å². The SMILES string of the molecule is CC(=O)c1cc(C)cc([N+](=O)[O-])c1OC(F)F. The molecule has 7 heteroatoms. The number of carbonyl (C=O) groups is 1. The van der Waals surface area contributed by atoms with E-state index in [4.69, 9.17) is 0 Å². The number of nitrogens with zero attached hydrogens (tertiary/aromatic N) is 1. The lowest BCUT2D eigenvalue weighted by Gasteiger charge is -2.09. The normalized spacial score (nSPS) is 10.4. The average molecular weight is 245 g/mol. The van der Waals surface area contributed by atoms with Crippen molar-refractivity contribution in [3.63, 3.8) is 0 Å². The van der Waals surface area contributed by atoms with Gasteiger partial charge >= 0.3 is 12.3 Å². The predicted octanol–water partition coefficient (Wildman–Crippen LogP) is 2.71. The Kier molecular flexibility index (Phi) is 3.72. The Bertz CT molecular complexity index is 438. The van der Waals surface area contributed by atoms with Crippen LogP contribution in [0.5, 0.6) is 5.75 Å². The Morgan fingerprint density at radius 1 is 1.47 bits per heavy atom. The molecule has 0 aliphatic heterocycles. The van der Waals surface area contributed by atoms with E-state index in [-0.39, 0.29) is 5.56 Å².